The number of Topliss-reactive ketones (excluding diaryl/α,β-unsaturated/α-hetero) is 1. The van der Waals surface area contributed by atoms with E-state index in [9.17, 15) is 4.79 Å². The van der Waals surface area contributed by atoms with Gasteiger partial charge in [0.05, 0.1) is 24.0 Å². The van der Waals surface area contributed by atoms with Gasteiger partial charge in [-0.05, 0) is 49.1 Å². The molecule has 32 heavy (non-hydrogen) atoms. The first kappa shape index (κ1) is 20.7. The summed E-state index contributed by atoms with van der Waals surface area (Å²) in [5.41, 5.74) is 5.62. The molecule has 0 amide bonds. The molecule has 1 aliphatic carbocycles. The maximum absolute atomic E-state index is 13.7. The Hall–Kier alpha value is -3.24. The van der Waals surface area contributed by atoms with Gasteiger partial charge in [-0.1, -0.05) is 60.1 Å². The van der Waals surface area contributed by atoms with E-state index in [0.717, 1.165) is 39.5 Å². The van der Waals surface area contributed by atoms with Crippen molar-refractivity contribution < 1.29 is 9.53 Å². The number of hydrogen-bond acceptors (Lipinski definition) is 4. The molecule has 0 saturated heterocycles. The molecule has 0 bridgehead atoms. The van der Waals surface area contributed by atoms with Crippen LogP contribution < -0.4 is 15.4 Å². The Bertz CT molecular complexity index is 1200. The van der Waals surface area contributed by atoms with Crippen LogP contribution in [0, 0.1) is 0 Å². The highest BCUT2D eigenvalue weighted by Crippen LogP contribution is 2.46. The van der Waals surface area contributed by atoms with Crippen molar-refractivity contribution in [2.45, 2.75) is 31.7 Å². The quantitative estimate of drug-likeness (QED) is 0.469. The molecule has 162 valence electrons. The zero-order chi connectivity index (χ0) is 22.1. The second-order valence-corrected chi connectivity index (χ2v) is 8.57. The van der Waals surface area contributed by atoms with Crippen molar-refractivity contribution >= 4 is 28.8 Å². The fraction of sp³-hybridized carbons (Fsp3) is 0.222. The number of rotatable bonds is 4. The second-order valence-electron chi connectivity index (χ2n) is 8.16. The molecule has 0 unspecified atom stereocenters. The molecule has 5 heteroatoms. The van der Waals surface area contributed by atoms with Crippen LogP contribution in [0.5, 0.6) is 5.75 Å². The third-order valence-corrected chi connectivity index (χ3v) is 6.53. The molecule has 1 heterocycles. The lowest BCUT2D eigenvalue weighted by atomic mass is 9.78. The maximum atomic E-state index is 13.7. The van der Waals surface area contributed by atoms with Crippen molar-refractivity contribution in [3.05, 3.63) is 100 Å². The van der Waals surface area contributed by atoms with Gasteiger partial charge in [0.2, 0.25) is 0 Å². The molecule has 0 radical (unpaired) electrons. The number of ether oxygens (including phenoxy) is 1. The zero-order valence-corrected chi connectivity index (χ0v) is 18.7. The summed E-state index contributed by atoms with van der Waals surface area (Å²) in [7, 11) is 0. The van der Waals surface area contributed by atoms with E-state index in [1.54, 1.807) is 0 Å². The zero-order valence-electron chi connectivity index (χ0n) is 17.9. The number of allylic oxidation sites excluding steroid dienone is 1. The first-order valence-electron chi connectivity index (χ1n) is 11.0. The fourth-order valence-electron chi connectivity index (χ4n) is 4.76. The van der Waals surface area contributed by atoms with E-state index >= 15 is 0 Å². The van der Waals surface area contributed by atoms with Crippen molar-refractivity contribution in [1.82, 2.24) is 0 Å². The SMILES string of the molecule is CCOc1ccccc1[C@@H]1Nc2ccccc2NC2=C1C(=O)C[C@H](c1ccccc1Cl)C2. The minimum atomic E-state index is -0.302. The smallest absolute Gasteiger partial charge is 0.163 e. The summed E-state index contributed by atoms with van der Waals surface area (Å²) in [6.45, 7) is 2.53. The van der Waals surface area contributed by atoms with Crippen molar-refractivity contribution in [1.29, 1.82) is 0 Å². The Balaban J connectivity index is 1.64. The van der Waals surface area contributed by atoms with Gasteiger partial charge < -0.3 is 15.4 Å². The van der Waals surface area contributed by atoms with Gasteiger partial charge in [0, 0.05) is 28.3 Å². The first-order chi connectivity index (χ1) is 15.7. The molecule has 1 aliphatic heterocycles. The van der Waals surface area contributed by atoms with Crippen molar-refractivity contribution in [2.24, 2.45) is 0 Å². The highest BCUT2D eigenvalue weighted by Gasteiger charge is 2.37. The van der Waals surface area contributed by atoms with Crippen LogP contribution in [0.2, 0.25) is 5.02 Å². The lowest BCUT2D eigenvalue weighted by Gasteiger charge is -2.30. The van der Waals surface area contributed by atoms with Gasteiger partial charge in [0.15, 0.2) is 5.78 Å². The van der Waals surface area contributed by atoms with Crippen LogP contribution in [0.3, 0.4) is 0 Å². The molecule has 2 N–H and O–H groups in total. The second kappa shape index (κ2) is 8.71. The van der Waals surface area contributed by atoms with Crippen LogP contribution in [0.1, 0.15) is 42.9 Å². The van der Waals surface area contributed by atoms with E-state index < -0.39 is 0 Å². The lowest BCUT2D eigenvalue weighted by Crippen LogP contribution is -2.27. The number of halogens is 1. The Morgan fingerprint density at radius 3 is 2.38 bits per heavy atom. The maximum Gasteiger partial charge on any atom is 0.163 e. The largest absolute Gasteiger partial charge is 0.494 e. The van der Waals surface area contributed by atoms with Gasteiger partial charge in [0.25, 0.3) is 0 Å². The molecule has 2 atom stereocenters. The number of carbonyl (C=O) groups is 1. The summed E-state index contributed by atoms with van der Waals surface area (Å²) in [6, 6.07) is 23.5. The summed E-state index contributed by atoms with van der Waals surface area (Å²) in [6.07, 6.45) is 1.14. The monoisotopic (exact) mass is 444 g/mol. The van der Waals surface area contributed by atoms with Crippen LogP contribution in [0.25, 0.3) is 0 Å². The standard InChI is InChI=1S/C27H25ClN2O2/c1-2-32-25-14-8-4-10-19(25)27-26-23(29-21-12-6-7-13-22(21)30-27)15-17(16-24(26)31)18-9-3-5-11-20(18)28/h3-14,17,27,29-30H,2,15-16H2,1H3/t17-,27+/m1/s1. The van der Waals surface area contributed by atoms with E-state index in [0.29, 0.717) is 24.5 Å². The summed E-state index contributed by atoms with van der Waals surface area (Å²) in [5.74, 6) is 0.954. The van der Waals surface area contributed by atoms with E-state index in [1.165, 1.54) is 0 Å². The summed E-state index contributed by atoms with van der Waals surface area (Å²) < 4.78 is 5.93. The van der Waals surface area contributed by atoms with Crippen LogP contribution in [-0.2, 0) is 4.79 Å². The van der Waals surface area contributed by atoms with Gasteiger partial charge in [0.1, 0.15) is 5.75 Å². The van der Waals surface area contributed by atoms with Crippen molar-refractivity contribution in [3.8, 4) is 5.75 Å². The van der Waals surface area contributed by atoms with Gasteiger partial charge >= 0.3 is 0 Å². The number of ketones is 1. The number of hydrogen-bond donors (Lipinski definition) is 2. The predicted octanol–water partition coefficient (Wildman–Crippen LogP) is 6.72. The van der Waals surface area contributed by atoms with E-state index in [1.807, 2.05) is 79.7 Å². The van der Waals surface area contributed by atoms with Crippen LogP contribution in [0.15, 0.2) is 84.1 Å². The average molecular weight is 445 g/mol. The molecule has 0 saturated carbocycles. The predicted molar refractivity (Wildman–Crippen MR) is 129 cm³/mol. The summed E-state index contributed by atoms with van der Waals surface area (Å²) >= 11 is 6.50. The topological polar surface area (TPSA) is 50.4 Å². The van der Waals surface area contributed by atoms with E-state index in [2.05, 4.69) is 10.6 Å². The highest BCUT2D eigenvalue weighted by atomic mass is 35.5. The number of fused-ring (bicyclic) bond motifs is 1. The first-order valence-corrected chi connectivity index (χ1v) is 11.4. The number of carbonyl (C=O) groups excluding carboxylic acids is 1. The molecule has 0 aromatic heterocycles. The van der Waals surface area contributed by atoms with Gasteiger partial charge in [-0.2, -0.15) is 0 Å². The Morgan fingerprint density at radius 2 is 1.59 bits per heavy atom. The Kier molecular flexibility index (Phi) is 5.62. The number of anilines is 2. The molecule has 4 nitrogen and oxygen atoms in total. The molecule has 3 aromatic rings. The van der Waals surface area contributed by atoms with E-state index in [-0.39, 0.29) is 17.7 Å². The molecule has 0 spiro atoms. The fourth-order valence-corrected chi connectivity index (χ4v) is 5.05. The highest BCUT2D eigenvalue weighted by molar-refractivity contribution is 6.31. The van der Waals surface area contributed by atoms with Crippen LogP contribution >= 0.6 is 11.6 Å². The van der Waals surface area contributed by atoms with Crippen LogP contribution in [0.4, 0.5) is 11.4 Å². The van der Waals surface area contributed by atoms with Gasteiger partial charge in [-0.3, -0.25) is 4.79 Å². The number of nitrogens with one attached hydrogen (secondary N) is 2. The molecule has 2 aliphatic rings. The average Bonchev–Trinajstić information content (AvgIpc) is 2.97. The van der Waals surface area contributed by atoms with E-state index in [4.69, 9.17) is 16.3 Å². The van der Waals surface area contributed by atoms with Crippen LogP contribution in [-0.4, -0.2) is 12.4 Å². The number of benzene rings is 3. The third-order valence-electron chi connectivity index (χ3n) is 6.18. The lowest BCUT2D eigenvalue weighted by molar-refractivity contribution is -0.116. The van der Waals surface area contributed by atoms with Crippen molar-refractivity contribution in [3.63, 3.8) is 0 Å². The normalized spacial score (nSPS) is 19.9. The minimum absolute atomic E-state index is 0.0375. The Labute approximate surface area is 193 Å². The molecule has 0 fully saturated rings. The Morgan fingerprint density at radius 1 is 0.906 bits per heavy atom. The molecule has 3 aromatic carbocycles. The third kappa shape index (κ3) is 3.76. The minimum Gasteiger partial charge on any atom is -0.494 e. The summed E-state index contributed by atoms with van der Waals surface area (Å²) in [5, 5.41) is 7.91. The van der Waals surface area contributed by atoms with Gasteiger partial charge in [-0.15, -0.1) is 0 Å². The van der Waals surface area contributed by atoms with Crippen molar-refractivity contribution in [2.75, 3.05) is 17.2 Å². The molecule has 5 rings (SSSR count). The van der Waals surface area contributed by atoms with Gasteiger partial charge in [-0.25, -0.2) is 0 Å². The molecular formula is C27H25ClN2O2. The number of para-hydroxylation sites is 3. The molecular weight excluding hydrogens is 420 g/mol. The summed E-state index contributed by atoms with van der Waals surface area (Å²) in [4.78, 5) is 13.7.